The molecule has 1 aliphatic carbocycles. The number of morpholine rings is 1. The zero-order valence-electron chi connectivity index (χ0n) is 16.1. The molecule has 0 saturated carbocycles. The fraction of sp³-hybridized carbons (Fsp3) is 0.421. The van der Waals surface area contributed by atoms with Crippen molar-refractivity contribution in [3.8, 4) is 11.4 Å². The SMILES string of the molecule is C[C@@H]1COCCN1c1cc(N=S(C)(C)=O)nc(-c2cc(Cl)nc3c2C=CC3)n1. The van der Waals surface area contributed by atoms with Gasteiger partial charge in [0, 0.05) is 52.4 Å². The summed E-state index contributed by atoms with van der Waals surface area (Å²) in [6.07, 6.45) is 7.98. The molecule has 0 aromatic carbocycles. The smallest absolute Gasteiger partial charge is 0.167 e. The summed E-state index contributed by atoms with van der Waals surface area (Å²) < 4.78 is 22.2. The van der Waals surface area contributed by atoms with Crippen LogP contribution >= 0.6 is 11.6 Å². The Morgan fingerprint density at radius 2 is 2.11 bits per heavy atom. The van der Waals surface area contributed by atoms with Gasteiger partial charge in [-0.05, 0) is 13.0 Å². The molecule has 148 valence electrons. The molecule has 2 aromatic heterocycles. The molecule has 0 radical (unpaired) electrons. The average molecular weight is 420 g/mol. The monoisotopic (exact) mass is 419 g/mol. The van der Waals surface area contributed by atoms with Crippen LogP contribution in [0.25, 0.3) is 17.5 Å². The topological polar surface area (TPSA) is 80.6 Å². The van der Waals surface area contributed by atoms with E-state index in [4.69, 9.17) is 21.3 Å². The summed E-state index contributed by atoms with van der Waals surface area (Å²) in [7, 11) is -2.37. The van der Waals surface area contributed by atoms with Gasteiger partial charge < -0.3 is 9.64 Å². The molecule has 1 atom stereocenters. The molecule has 1 saturated heterocycles. The minimum atomic E-state index is -2.37. The normalized spacial score (nSPS) is 19.0. The van der Waals surface area contributed by atoms with Crippen molar-refractivity contribution in [3.05, 3.63) is 34.6 Å². The number of ether oxygens (including phenoxy) is 1. The lowest BCUT2D eigenvalue weighted by Gasteiger charge is -2.34. The Bertz CT molecular complexity index is 1070. The highest BCUT2D eigenvalue weighted by Crippen LogP contribution is 2.33. The highest BCUT2D eigenvalue weighted by atomic mass is 35.5. The van der Waals surface area contributed by atoms with Gasteiger partial charge in [0.15, 0.2) is 11.6 Å². The number of pyridine rings is 1. The van der Waals surface area contributed by atoms with Gasteiger partial charge in [-0.25, -0.2) is 19.2 Å². The Labute approximate surface area is 170 Å². The fourth-order valence-electron chi connectivity index (χ4n) is 3.42. The first-order chi connectivity index (χ1) is 13.3. The van der Waals surface area contributed by atoms with E-state index in [0.29, 0.717) is 30.0 Å². The van der Waals surface area contributed by atoms with Crippen LogP contribution < -0.4 is 4.90 Å². The van der Waals surface area contributed by atoms with E-state index in [9.17, 15) is 4.21 Å². The maximum absolute atomic E-state index is 12.3. The first-order valence-corrected chi connectivity index (χ1v) is 11.8. The molecule has 1 aliphatic heterocycles. The lowest BCUT2D eigenvalue weighted by atomic mass is 10.1. The molecule has 0 spiro atoms. The number of aromatic nitrogens is 3. The van der Waals surface area contributed by atoms with E-state index in [1.165, 1.54) is 0 Å². The van der Waals surface area contributed by atoms with Crippen LogP contribution in [0.1, 0.15) is 18.2 Å². The molecule has 9 heteroatoms. The molecular formula is C19H22ClN5O2S. The van der Waals surface area contributed by atoms with Crippen LogP contribution in [0, 0.1) is 0 Å². The minimum Gasteiger partial charge on any atom is -0.377 e. The number of nitrogens with zero attached hydrogens (tertiary/aromatic N) is 5. The maximum atomic E-state index is 12.3. The summed E-state index contributed by atoms with van der Waals surface area (Å²) in [5, 5.41) is 0.402. The molecule has 0 amide bonds. The third-order valence-corrected chi connectivity index (χ3v) is 5.44. The van der Waals surface area contributed by atoms with Crippen molar-refractivity contribution in [1.82, 2.24) is 15.0 Å². The van der Waals surface area contributed by atoms with E-state index < -0.39 is 9.73 Å². The maximum Gasteiger partial charge on any atom is 0.167 e. The standard InChI is InChI=1S/C19H22ClN5O2S/c1-12-11-27-8-7-25(12)18-10-17(24-28(2,3)26)22-19(23-18)14-9-16(20)21-15-6-4-5-13(14)15/h4-5,9-10,12H,6-8,11H2,1-3H3/t12-/m1/s1. The summed E-state index contributed by atoms with van der Waals surface area (Å²) in [4.78, 5) is 16.0. The van der Waals surface area contributed by atoms with Crippen LogP contribution in [-0.4, -0.2) is 57.5 Å². The summed E-state index contributed by atoms with van der Waals surface area (Å²) in [6, 6.07) is 3.73. The van der Waals surface area contributed by atoms with Crippen LogP contribution in [0.5, 0.6) is 0 Å². The molecule has 0 bridgehead atoms. The molecule has 0 N–H and O–H groups in total. The van der Waals surface area contributed by atoms with Gasteiger partial charge in [0.25, 0.3) is 0 Å². The van der Waals surface area contributed by atoms with Gasteiger partial charge in [0.1, 0.15) is 11.0 Å². The third kappa shape index (κ3) is 4.04. The molecule has 7 nitrogen and oxygen atoms in total. The lowest BCUT2D eigenvalue weighted by Crippen LogP contribution is -2.44. The van der Waals surface area contributed by atoms with E-state index >= 15 is 0 Å². The van der Waals surface area contributed by atoms with Crippen molar-refractivity contribution in [1.29, 1.82) is 0 Å². The molecule has 4 rings (SSSR count). The third-order valence-electron chi connectivity index (χ3n) is 4.62. The predicted molar refractivity (Wildman–Crippen MR) is 113 cm³/mol. The minimum absolute atomic E-state index is 0.170. The second kappa shape index (κ2) is 7.42. The predicted octanol–water partition coefficient (Wildman–Crippen LogP) is 3.35. The van der Waals surface area contributed by atoms with Gasteiger partial charge in [0.2, 0.25) is 0 Å². The number of fused-ring (bicyclic) bond motifs is 1. The number of halogens is 1. The average Bonchev–Trinajstić information content (AvgIpc) is 3.08. The van der Waals surface area contributed by atoms with E-state index in [2.05, 4.69) is 26.2 Å². The number of anilines is 1. The number of allylic oxidation sites excluding steroid dienone is 1. The first-order valence-electron chi connectivity index (χ1n) is 9.07. The van der Waals surface area contributed by atoms with Crippen LogP contribution in [0.15, 0.2) is 22.6 Å². The number of rotatable bonds is 3. The van der Waals surface area contributed by atoms with Gasteiger partial charge in [-0.1, -0.05) is 23.8 Å². The van der Waals surface area contributed by atoms with Gasteiger partial charge in [-0.2, -0.15) is 4.36 Å². The van der Waals surface area contributed by atoms with Gasteiger partial charge in [-0.15, -0.1) is 0 Å². The second-order valence-electron chi connectivity index (χ2n) is 7.26. The molecule has 1 fully saturated rings. The van der Waals surface area contributed by atoms with Gasteiger partial charge in [0.05, 0.1) is 24.9 Å². The van der Waals surface area contributed by atoms with Crippen molar-refractivity contribution >= 4 is 39.0 Å². The van der Waals surface area contributed by atoms with E-state index in [-0.39, 0.29) is 6.04 Å². The van der Waals surface area contributed by atoms with Crippen LogP contribution in [-0.2, 0) is 20.9 Å². The second-order valence-corrected chi connectivity index (χ2v) is 10.2. The van der Waals surface area contributed by atoms with Crippen LogP contribution in [0.4, 0.5) is 11.6 Å². The quantitative estimate of drug-likeness (QED) is 0.709. The number of hydrogen-bond donors (Lipinski definition) is 0. The summed E-state index contributed by atoms with van der Waals surface area (Å²) in [5.41, 5.74) is 2.68. The molecular weight excluding hydrogens is 398 g/mol. The Kier molecular flexibility index (Phi) is 5.11. The van der Waals surface area contributed by atoms with Crippen molar-refractivity contribution in [2.24, 2.45) is 4.36 Å². The zero-order valence-corrected chi connectivity index (χ0v) is 17.6. The molecule has 0 unspecified atom stereocenters. The van der Waals surface area contributed by atoms with E-state index in [1.807, 2.05) is 12.2 Å². The van der Waals surface area contributed by atoms with Gasteiger partial charge in [-0.3, -0.25) is 0 Å². The molecule has 2 aromatic rings. The van der Waals surface area contributed by atoms with Gasteiger partial charge >= 0.3 is 0 Å². The zero-order chi connectivity index (χ0) is 19.9. The number of hydrogen-bond acceptors (Lipinski definition) is 7. The van der Waals surface area contributed by atoms with Crippen molar-refractivity contribution in [3.63, 3.8) is 0 Å². The fourth-order valence-corrected chi connectivity index (χ4v) is 4.17. The molecule has 28 heavy (non-hydrogen) atoms. The highest BCUT2D eigenvalue weighted by molar-refractivity contribution is 7.92. The summed E-state index contributed by atoms with van der Waals surface area (Å²) >= 11 is 6.25. The Hall–Kier alpha value is -2.03. The Balaban J connectivity index is 1.90. The molecule has 2 aliphatic rings. The molecule has 3 heterocycles. The van der Waals surface area contributed by atoms with Crippen molar-refractivity contribution in [2.75, 3.05) is 37.2 Å². The van der Waals surface area contributed by atoms with Crippen LogP contribution in [0.2, 0.25) is 5.15 Å². The van der Waals surface area contributed by atoms with Crippen LogP contribution in [0.3, 0.4) is 0 Å². The van der Waals surface area contributed by atoms with E-state index in [0.717, 1.165) is 35.6 Å². The van der Waals surface area contributed by atoms with Crippen molar-refractivity contribution < 1.29 is 8.95 Å². The Morgan fingerprint density at radius 1 is 1.29 bits per heavy atom. The highest BCUT2D eigenvalue weighted by Gasteiger charge is 2.23. The first kappa shape index (κ1) is 19.3. The summed E-state index contributed by atoms with van der Waals surface area (Å²) in [6.45, 7) is 4.07. The summed E-state index contributed by atoms with van der Waals surface area (Å²) in [5.74, 6) is 1.65. The van der Waals surface area contributed by atoms with E-state index in [1.54, 1.807) is 24.6 Å². The largest absolute Gasteiger partial charge is 0.377 e. The lowest BCUT2D eigenvalue weighted by molar-refractivity contribution is 0.0985. The van der Waals surface area contributed by atoms with Crippen molar-refractivity contribution in [2.45, 2.75) is 19.4 Å². The Morgan fingerprint density at radius 3 is 2.86 bits per heavy atom.